The summed E-state index contributed by atoms with van der Waals surface area (Å²) in [5, 5.41) is 23.5. The minimum absolute atomic E-state index is 0.0556. The first-order chi connectivity index (χ1) is 17.0. The highest BCUT2D eigenvalue weighted by Crippen LogP contribution is 2.33. The number of carbonyl (C=O) groups is 2. The standard InChI is InChI=1S/C24H24N6O5/c31-23(32)27-30(24(33)34)21-10-9-18-17(26-21)14-20(28(18)15-16-6-2-1-3-7-16)19-11-12-25-29(19)22-8-4-5-13-35-22/h1-3,6-7,9-12,14,22,27H,4-5,8,13,15H2,(H,31,32)(H,33,34). The maximum atomic E-state index is 11.6. The highest BCUT2D eigenvalue weighted by atomic mass is 16.5. The van der Waals surface area contributed by atoms with Crippen LogP contribution in [0.4, 0.5) is 15.4 Å². The zero-order valence-corrected chi connectivity index (χ0v) is 18.7. The molecule has 180 valence electrons. The van der Waals surface area contributed by atoms with Gasteiger partial charge in [0.15, 0.2) is 12.0 Å². The third-order valence-electron chi connectivity index (χ3n) is 5.92. The zero-order valence-electron chi connectivity index (χ0n) is 18.7. The Bertz CT molecular complexity index is 1360. The van der Waals surface area contributed by atoms with Crippen molar-refractivity contribution in [3.05, 3.63) is 66.4 Å². The van der Waals surface area contributed by atoms with E-state index in [4.69, 9.17) is 9.84 Å². The van der Waals surface area contributed by atoms with E-state index >= 15 is 0 Å². The maximum absolute atomic E-state index is 11.6. The molecule has 1 aliphatic rings. The number of hydrogen-bond acceptors (Lipinski definition) is 5. The summed E-state index contributed by atoms with van der Waals surface area (Å²) in [5.74, 6) is -0.0556. The van der Waals surface area contributed by atoms with E-state index in [0.29, 0.717) is 23.7 Å². The van der Waals surface area contributed by atoms with Gasteiger partial charge in [-0.3, -0.25) is 0 Å². The second-order valence-electron chi connectivity index (χ2n) is 8.19. The number of anilines is 1. The van der Waals surface area contributed by atoms with Crippen LogP contribution in [0.25, 0.3) is 22.4 Å². The number of aromatic nitrogens is 4. The molecule has 1 fully saturated rings. The number of ether oxygens (including phenoxy) is 1. The van der Waals surface area contributed by atoms with Crippen LogP contribution in [0.5, 0.6) is 0 Å². The fraction of sp³-hybridized carbons (Fsp3) is 0.250. The Hall–Kier alpha value is -4.38. The van der Waals surface area contributed by atoms with Gasteiger partial charge in [0.1, 0.15) is 0 Å². The molecule has 1 aliphatic heterocycles. The summed E-state index contributed by atoms with van der Waals surface area (Å²) in [5.41, 5.74) is 5.91. The molecule has 11 heteroatoms. The Labute approximate surface area is 200 Å². The van der Waals surface area contributed by atoms with Gasteiger partial charge in [-0.25, -0.2) is 24.7 Å². The molecule has 1 atom stereocenters. The topological polar surface area (TPSA) is 135 Å². The van der Waals surface area contributed by atoms with Gasteiger partial charge in [0.2, 0.25) is 0 Å². The summed E-state index contributed by atoms with van der Waals surface area (Å²) in [7, 11) is 0. The molecule has 11 nitrogen and oxygen atoms in total. The van der Waals surface area contributed by atoms with E-state index < -0.39 is 12.2 Å². The predicted octanol–water partition coefficient (Wildman–Crippen LogP) is 4.31. The third-order valence-corrected chi connectivity index (χ3v) is 5.92. The van der Waals surface area contributed by atoms with Crippen LogP contribution < -0.4 is 10.4 Å². The quantitative estimate of drug-likeness (QED) is 0.365. The average Bonchev–Trinajstić information content (AvgIpc) is 3.48. The number of nitrogens with one attached hydrogen (secondary N) is 1. The van der Waals surface area contributed by atoms with Crippen LogP contribution in [0.2, 0.25) is 0 Å². The van der Waals surface area contributed by atoms with Crippen LogP contribution in [0.1, 0.15) is 31.1 Å². The molecule has 2 amide bonds. The van der Waals surface area contributed by atoms with Crippen LogP contribution in [-0.2, 0) is 11.3 Å². The van der Waals surface area contributed by atoms with Gasteiger partial charge in [-0.2, -0.15) is 10.1 Å². The molecule has 5 rings (SSSR count). The summed E-state index contributed by atoms with van der Waals surface area (Å²) >= 11 is 0. The number of hydrogen-bond donors (Lipinski definition) is 3. The van der Waals surface area contributed by atoms with E-state index in [-0.39, 0.29) is 12.0 Å². The van der Waals surface area contributed by atoms with Crippen molar-refractivity contribution in [3.63, 3.8) is 0 Å². The molecule has 0 aliphatic carbocycles. The van der Waals surface area contributed by atoms with Gasteiger partial charge in [-0.1, -0.05) is 30.3 Å². The average molecular weight is 476 g/mol. The Morgan fingerprint density at radius 2 is 1.91 bits per heavy atom. The second kappa shape index (κ2) is 9.47. The summed E-state index contributed by atoms with van der Waals surface area (Å²) in [4.78, 5) is 27.2. The van der Waals surface area contributed by atoms with Crippen molar-refractivity contribution in [2.75, 3.05) is 11.6 Å². The molecule has 3 aromatic heterocycles. The van der Waals surface area contributed by atoms with Crippen LogP contribution >= 0.6 is 0 Å². The molecule has 35 heavy (non-hydrogen) atoms. The molecule has 1 aromatic carbocycles. The first-order valence-corrected chi connectivity index (χ1v) is 11.2. The summed E-state index contributed by atoms with van der Waals surface area (Å²) in [6.07, 6.45) is 1.53. The monoisotopic (exact) mass is 476 g/mol. The minimum atomic E-state index is -1.51. The van der Waals surface area contributed by atoms with E-state index in [2.05, 4.69) is 14.6 Å². The molecule has 4 heterocycles. The van der Waals surface area contributed by atoms with E-state index in [9.17, 15) is 14.7 Å². The van der Waals surface area contributed by atoms with Gasteiger partial charge in [-0.05, 0) is 49.1 Å². The van der Waals surface area contributed by atoms with E-state index in [1.54, 1.807) is 12.3 Å². The Balaban J connectivity index is 1.63. The molecule has 0 bridgehead atoms. The predicted molar refractivity (Wildman–Crippen MR) is 127 cm³/mol. The Kier molecular flexibility index (Phi) is 6.06. The van der Waals surface area contributed by atoms with Gasteiger partial charge in [0.25, 0.3) is 0 Å². The zero-order chi connectivity index (χ0) is 24.4. The van der Waals surface area contributed by atoms with Crippen LogP contribution in [0.3, 0.4) is 0 Å². The van der Waals surface area contributed by atoms with Gasteiger partial charge in [0.05, 0.1) is 22.4 Å². The molecule has 0 radical (unpaired) electrons. The number of amides is 2. The maximum Gasteiger partial charge on any atom is 0.432 e. The van der Waals surface area contributed by atoms with Crippen molar-refractivity contribution < 1.29 is 24.5 Å². The first-order valence-electron chi connectivity index (χ1n) is 11.2. The number of fused-ring (bicyclic) bond motifs is 1. The molecule has 4 aromatic rings. The number of hydrazine groups is 1. The van der Waals surface area contributed by atoms with Gasteiger partial charge < -0.3 is 19.5 Å². The molecular formula is C24H24N6O5. The number of pyridine rings is 1. The highest BCUT2D eigenvalue weighted by molar-refractivity contribution is 5.91. The number of rotatable bonds is 5. The van der Waals surface area contributed by atoms with E-state index in [1.807, 2.05) is 52.6 Å². The minimum Gasteiger partial charge on any atom is -0.464 e. The summed E-state index contributed by atoms with van der Waals surface area (Å²) < 4.78 is 9.94. The van der Waals surface area contributed by atoms with E-state index in [1.165, 1.54) is 6.07 Å². The van der Waals surface area contributed by atoms with Crippen molar-refractivity contribution in [1.29, 1.82) is 0 Å². The molecule has 0 saturated carbocycles. The lowest BCUT2D eigenvalue weighted by Gasteiger charge is -2.25. The lowest BCUT2D eigenvalue weighted by atomic mass is 10.2. The Morgan fingerprint density at radius 1 is 1.09 bits per heavy atom. The normalized spacial score (nSPS) is 15.7. The smallest absolute Gasteiger partial charge is 0.432 e. The lowest BCUT2D eigenvalue weighted by Crippen LogP contribution is -2.45. The van der Waals surface area contributed by atoms with Crippen molar-refractivity contribution in [2.24, 2.45) is 0 Å². The van der Waals surface area contributed by atoms with Crippen molar-refractivity contribution >= 4 is 29.0 Å². The molecular weight excluding hydrogens is 452 g/mol. The van der Waals surface area contributed by atoms with Crippen LogP contribution in [0, 0.1) is 0 Å². The molecule has 3 N–H and O–H groups in total. The molecule has 0 spiro atoms. The lowest BCUT2D eigenvalue weighted by molar-refractivity contribution is -0.0384. The summed E-state index contributed by atoms with van der Waals surface area (Å²) in [6, 6.07) is 16.9. The van der Waals surface area contributed by atoms with Crippen molar-refractivity contribution in [2.45, 2.75) is 32.0 Å². The SMILES string of the molecule is O=C(O)NN(C(=O)O)c1ccc2c(cc(-c3ccnn3C3CCCCO3)n2Cc2ccccc2)n1. The third kappa shape index (κ3) is 4.53. The fourth-order valence-corrected chi connectivity index (χ4v) is 4.36. The van der Waals surface area contributed by atoms with E-state index in [0.717, 1.165) is 41.7 Å². The largest absolute Gasteiger partial charge is 0.464 e. The van der Waals surface area contributed by atoms with Crippen molar-refractivity contribution in [3.8, 4) is 11.4 Å². The second-order valence-corrected chi connectivity index (χ2v) is 8.19. The highest BCUT2D eigenvalue weighted by Gasteiger charge is 2.24. The number of nitrogens with zero attached hydrogens (tertiary/aromatic N) is 5. The molecule has 1 unspecified atom stereocenters. The number of carboxylic acid groups (broad SMARTS) is 2. The van der Waals surface area contributed by atoms with Crippen LogP contribution in [0.15, 0.2) is 60.8 Å². The van der Waals surface area contributed by atoms with Gasteiger partial charge in [-0.15, -0.1) is 0 Å². The van der Waals surface area contributed by atoms with Gasteiger partial charge >= 0.3 is 12.2 Å². The first kappa shape index (κ1) is 22.4. The summed E-state index contributed by atoms with van der Waals surface area (Å²) in [6.45, 7) is 1.23. The molecule has 1 saturated heterocycles. The number of benzene rings is 1. The van der Waals surface area contributed by atoms with Crippen LogP contribution in [-0.4, -0.2) is 48.3 Å². The fourth-order valence-electron chi connectivity index (χ4n) is 4.36. The Morgan fingerprint density at radius 3 is 2.63 bits per heavy atom. The van der Waals surface area contributed by atoms with Crippen molar-refractivity contribution in [1.82, 2.24) is 24.8 Å². The van der Waals surface area contributed by atoms with Gasteiger partial charge in [0, 0.05) is 19.3 Å².